The molecule has 1 aromatic heterocycles. The van der Waals surface area contributed by atoms with Gasteiger partial charge < -0.3 is 15.3 Å². The highest BCUT2D eigenvalue weighted by atomic mass is 16.9. The second kappa shape index (κ2) is 7.08. The summed E-state index contributed by atoms with van der Waals surface area (Å²) >= 11 is 0. The smallest absolute Gasteiger partial charge is 0.241 e. The molecule has 0 spiro atoms. The number of hydrogen-bond acceptors (Lipinski definition) is 3. The van der Waals surface area contributed by atoms with Crippen LogP contribution in [0.1, 0.15) is 19.8 Å². The molecule has 13 heavy (non-hydrogen) atoms. The van der Waals surface area contributed by atoms with Gasteiger partial charge in [0.05, 0.1) is 11.6 Å². The zero-order valence-corrected chi connectivity index (χ0v) is 7.47. The van der Waals surface area contributed by atoms with Gasteiger partial charge in [0.15, 0.2) is 0 Å². The van der Waals surface area contributed by atoms with Crippen molar-refractivity contribution < 1.29 is 9.65 Å². The molecule has 0 aliphatic rings. The highest BCUT2D eigenvalue weighted by Gasteiger charge is 1.92. The van der Waals surface area contributed by atoms with Gasteiger partial charge in [0.2, 0.25) is 6.33 Å². The highest BCUT2D eigenvalue weighted by molar-refractivity contribution is 4.55. The lowest BCUT2D eigenvalue weighted by Crippen LogP contribution is -2.29. The number of aromatic nitrogens is 2. The summed E-state index contributed by atoms with van der Waals surface area (Å²) in [5, 5.41) is 14.8. The van der Waals surface area contributed by atoms with E-state index < -0.39 is 5.09 Å². The first-order valence-electron chi connectivity index (χ1n) is 4.00. The first-order valence-corrected chi connectivity index (χ1v) is 4.00. The summed E-state index contributed by atoms with van der Waals surface area (Å²) in [6.45, 7) is 3.34. The van der Waals surface area contributed by atoms with Crippen molar-refractivity contribution in [2.75, 3.05) is 0 Å². The Morgan fingerprint density at radius 2 is 2.15 bits per heavy atom. The number of rotatable bonds is 3. The van der Waals surface area contributed by atoms with E-state index in [0.29, 0.717) is 0 Å². The lowest BCUT2D eigenvalue weighted by Gasteiger charge is -1.89. The van der Waals surface area contributed by atoms with Crippen LogP contribution < -0.4 is 4.57 Å². The molecule has 1 N–H and O–H groups in total. The van der Waals surface area contributed by atoms with Crippen molar-refractivity contribution in [2.45, 2.75) is 26.3 Å². The Labute approximate surface area is 75.9 Å². The minimum absolute atomic E-state index is 1.14. The molecular formula is C7H13N3O3. The Balaban J connectivity index is 0.000000310. The third-order valence-electron chi connectivity index (χ3n) is 1.37. The van der Waals surface area contributed by atoms with Crippen LogP contribution in [-0.4, -0.2) is 10.1 Å². The van der Waals surface area contributed by atoms with Crippen molar-refractivity contribution in [1.82, 2.24) is 4.98 Å². The van der Waals surface area contributed by atoms with Crippen LogP contribution >= 0.6 is 0 Å². The molecule has 1 heterocycles. The second-order valence-corrected chi connectivity index (χ2v) is 2.43. The molecule has 6 heteroatoms. The van der Waals surface area contributed by atoms with E-state index in [1.165, 1.54) is 12.8 Å². The van der Waals surface area contributed by atoms with Crippen molar-refractivity contribution in [3.63, 3.8) is 0 Å². The highest BCUT2D eigenvalue weighted by Crippen LogP contribution is 1.84. The van der Waals surface area contributed by atoms with Gasteiger partial charge in [-0.1, -0.05) is 13.3 Å². The predicted molar refractivity (Wildman–Crippen MR) is 46.3 cm³/mol. The van der Waals surface area contributed by atoms with Crippen LogP contribution in [0.2, 0.25) is 0 Å². The van der Waals surface area contributed by atoms with E-state index in [1.807, 2.05) is 12.5 Å². The molecular weight excluding hydrogens is 174 g/mol. The molecule has 6 nitrogen and oxygen atoms in total. The third kappa shape index (κ3) is 8.32. The third-order valence-corrected chi connectivity index (χ3v) is 1.37. The van der Waals surface area contributed by atoms with E-state index in [1.54, 1.807) is 0 Å². The number of nitrogens with zero attached hydrogens (tertiary/aromatic N) is 2. The van der Waals surface area contributed by atoms with E-state index in [2.05, 4.69) is 22.7 Å². The molecule has 0 aromatic carbocycles. The minimum Gasteiger partial charge on any atom is -0.356 e. The van der Waals surface area contributed by atoms with E-state index in [0.717, 1.165) is 6.54 Å². The maximum absolute atomic E-state index is 8.25. The van der Waals surface area contributed by atoms with Gasteiger partial charge in [-0.05, 0) is 6.42 Å². The van der Waals surface area contributed by atoms with Crippen molar-refractivity contribution in [1.29, 1.82) is 0 Å². The minimum atomic E-state index is -1.75. The molecule has 0 fully saturated rings. The fraction of sp³-hybridized carbons (Fsp3) is 0.571. The number of imidazole rings is 1. The van der Waals surface area contributed by atoms with E-state index in [4.69, 9.17) is 15.3 Å². The van der Waals surface area contributed by atoms with Gasteiger partial charge in [-0.15, -0.1) is 0 Å². The number of H-pyrrole nitrogens is 1. The summed E-state index contributed by atoms with van der Waals surface area (Å²) in [5.74, 6) is 0. The fourth-order valence-electron chi connectivity index (χ4n) is 0.800. The molecule has 0 aliphatic carbocycles. The van der Waals surface area contributed by atoms with Gasteiger partial charge >= 0.3 is 0 Å². The number of unbranched alkanes of at least 4 members (excludes halogenated alkanes) is 1. The first-order chi connectivity index (χ1) is 6.16. The van der Waals surface area contributed by atoms with Crippen molar-refractivity contribution in [2.24, 2.45) is 0 Å². The maximum Gasteiger partial charge on any atom is 0.241 e. The van der Waals surface area contributed by atoms with Crippen molar-refractivity contribution in [3.05, 3.63) is 34.0 Å². The normalized spacial score (nSPS) is 8.69. The Morgan fingerprint density at radius 3 is 2.54 bits per heavy atom. The van der Waals surface area contributed by atoms with Crippen molar-refractivity contribution >= 4 is 0 Å². The first kappa shape index (κ1) is 11.4. The molecule has 1 rings (SSSR count). The molecule has 0 atom stereocenters. The molecule has 74 valence electrons. The summed E-state index contributed by atoms with van der Waals surface area (Å²) in [6, 6.07) is 0. The Bertz CT molecular complexity index is 219. The Hall–Kier alpha value is -1.59. The summed E-state index contributed by atoms with van der Waals surface area (Å²) in [7, 11) is 0. The maximum atomic E-state index is 8.25. The number of aromatic amines is 1. The van der Waals surface area contributed by atoms with Crippen molar-refractivity contribution in [3.8, 4) is 0 Å². The summed E-state index contributed by atoms with van der Waals surface area (Å²) in [6.07, 6.45) is 8.50. The monoisotopic (exact) mass is 187 g/mol. The Morgan fingerprint density at radius 1 is 1.54 bits per heavy atom. The molecule has 1 aromatic rings. The van der Waals surface area contributed by atoms with Gasteiger partial charge in [0, 0.05) is 0 Å². The van der Waals surface area contributed by atoms with Crippen LogP contribution in [0.3, 0.4) is 0 Å². The van der Waals surface area contributed by atoms with E-state index in [-0.39, 0.29) is 0 Å². The lowest BCUT2D eigenvalue weighted by molar-refractivity contribution is -0.696. The van der Waals surface area contributed by atoms with Crippen LogP contribution in [0.4, 0.5) is 0 Å². The van der Waals surface area contributed by atoms with Gasteiger partial charge in [-0.2, -0.15) is 0 Å². The summed E-state index contributed by atoms with van der Waals surface area (Å²) in [4.78, 5) is 11.3. The number of aryl methyl sites for hydroxylation is 1. The molecule has 0 amide bonds. The number of nitrogens with one attached hydrogen (secondary N) is 1. The largest absolute Gasteiger partial charge is 0.356 e. The molecule has 0 bridgehead atoms. The molecule has 0 saturated heterocycles. The molecule has 0 aliphatic heterocycles. The topological polar surface area (TPSA) is 85.9 Å². The van der Waals surface area contributed by atoms with Crippen LogP contribution in [0.5, 0.6) is 0 Å². The molecule has 0 saturated carbocycles. The van der Waals surface area contributed by atoms with Crippen LogP contribution in [0, 0.1) is 15.3 Å². The fourth-order valence-corrected chi connectivity index (χ4v) is 0.800. The average Bonchev–Trinajstić information content (AvgIpc) is 2.51. The quantitative estimate of drug-likeness (QED) is 0.432. The van der Waals surface area contributed by atoms with Gasteiger partial charge in [-0.25, -0.2) is 4.57 Å². The van der Waals surface area contributed by atoms with E-state index in [9.17, 15) is 0 Å². The van der Waals surface area contributed by atoms with Gasteiger partial charge in [0.25, 0.3) is 0 Å². The zero-order chi connectivity index (χ0) is 10.1. The molecule has 0 radical (unpaired) electrons. The summed E-state index contributed by atoms with van der Waals surface area (Å²) < 4.78 is 2.16. The van der Waals surface area contributed by atoms with Crippen LogP contribution in [0.15, 0.2) is 18.7 Å². The second-order valence-electron chi connectivity index (χ2n) is 2.43. The predicted octanol–water partition coefficient (Wildman–Crippen LogP) is 0.863. The number of hydrogen-bond donors (Lipinski definition) is 1. The van der Waals surface area contributed by atoms with E-state index >= 15 is 0 Å². The van der Waals surface area contributed by atoms with Gasteiger partial charge in [-0.3, -0.25) is 4.98 Å². The lowest BCUT2D eigenvalue weighted by atomic mass is 10.3. The van der Waals surface area contributed by atoms with Crippen LogP contribution in [0.25, 0.3) is 0 Å². The SMILES string of the molecule is CCCC[n+]1cc[nH]c1.O=[N+]([O-])[O-]. The average molecular weight is 187 g/mol. The molecule has 0 unspecified atom stereocenters. The van der Waals surface area contributed by atoms with Crippen LogP contribution in [-0.2, 0) is 6.54 Å². The Kier molecular flexibility index (Phi) is 6.21. The summed E-state index contributed by atoms with van der Waals surface area (Å²) in [5.41, 5.74) is 0. The van der Waals surface area contributed by atoms with Gasteiger partial charge in [0.1, 0.15) is 12.4 Å². The standard InChI is InChI=1S/C7H12N2.NO3/c1-2-3-5-9-6-4-8-7-9;2-1(3)4/h4,6-7H,2-3,5H2,1H3;/q;-1/p+1. The zero-order valence-electron chi connectivity index (χ0n) is 7.47.